The largest absolute Gasteiger partial charge is 0.492 e. The van der Waals surface area contributed by atoms with Crippen molar-refractivity contribution in [1.29, 1.82) is 0 Å². The molecule has 0 unspecified atom stereocenters. The van der Waals surface area contributed by atoms with Gasteiger partial charge >= 0.3 is 5.97 Å². The van der Waals surface area contributed by atoms with Gasteiger partial charge in [0.2, 0.25) is 11.5 Å². The summed E-state index contributed by atoms with van der Waals surface area (Å²) in [5.74, 6) is 0.492. The lowest BCUT2D eigenvalue weighted by Gasteiger charge is -2.21. The van der Waals surface area contributed by atoms with Crippen molar-refractivity contribution in [3.8, 4) is 23.0 Å². The van der Waals surface area contributed by atoms with Crippen LogP contribution in [0.15, 0.2) is 30.1 Å². The van der Waals surface area contributed by atoms with Gasteiger partial charge in [-0.05, 0) is 50.3 Å². The lowest BCUT2D eigenvalue weighted by Crippen LogP contribution is -2.07. The molecule has 0 bridgehead atoms. The number of methoxy groups -OCH3 is 4. The highest BCUT2D eigenvalue weighted by Crippen LogP contribution is 2.50. The lowest BCUT2D eigenvalue weighted by atomic mass is 9.98. The van der Waals surface area contributed by atoms with Crippen LogP contribution in [-0.2, 0) is 16.0 Å². The maximum absolute atomic E-state index is 12.0. The number of aryl methyl sites for hydroxylation is 1. The van der Waals surface area contributed by atoms with Crippen molar-refractivity contribution in [2.75, 3.05) is 35.2 Å². The molecule has 0 aliphatic heterocycles. The van der Waals surface area contributed by atoms with Crippen LogP contribution in [0.5, 0.6) is 23.0 Å². The van der Waals surface area contributed by atoms with E-state index in [1.807, 2.05) is 25.3 Å². The molecule has 0 fully saturated rings. The Labute approximate surface area is 195 Å². The Kier molecular flexibility index (Phi) is 10.5. The Morgan fingerprint density at radius 1 is 1.00 bits per heavy atom. The number of hydrogen-bond acceptors (Lipinski definition) is 7. The molecule has 0 saturated heterocycles. The lowest BCUT2D eigenvalue weighted by molar-refractivity contribution is -0.132. The van der Waals surface area contributed by atoms with Crippen LogP contribution in [0.25, 0.3) is 6.08 Å². The van der Waals surface area contributed by atoms with Crippen LogP contribution in [0, 0.1) is 6.92 Å². The summed E-state index contributed by atoms with van der Waals surface area (Å²) in [7, 11) is 6.01. The first kappa shape index (κ1) is 26.0. The van der Waals surface area contributed by atoms with E-state index in [0.717, 1.165) is 25.7 Å². The fourth-order valence-corrected chi connectivity index (χ4v) is 3.61. The van der Waals surface area contributed by atoms with Gasteiger partial charge < -0.3 is 28.8 Å². The van der Waals surface area contributed by atoms with Gasteiger partial charge in [-0.15, -0.1) is 0 Å². The molecule has 1 heterocycles. The average Bonchev–Trinajstić information content (AvgIpc) is 2.83. The van der Waals surface area contributed by atoms with E-state index in [2.05, 4.69) is 4.98 Å². The van der Waals surface area contributed by atoms with E-state index in [1.54, 1.807) is 12.3 Å². The molecule has 33 heavy (non-hydrogen) atoms. The van der Waals surface area contributed by atoms with Gasteiger partial charge in [-0.2, -0.15) is 0 Å². The summed E-state index contributed by atoms with van der Waals surface area (Å²) in [6.07, 6.45) is 9.20. The normalized spacial score (nSPS) is 11.2. The van der Waals surface area contributed by atoms with E-state index in [-0.39, 0.29) is 12.4 Å². The van der Waals surface area contributed by atoms with Gasteiger partial charge in [-0.25, -0.2) is 4.79 Å². The van der Waals surface area contributed by atoms with Gasteiger partial charge in [0.1, 0.15) is 0 Å². The number of rotatable bonds is 14. The van der Waals surface area contributed by atoms with Crippen LogP contribution in [0.2, 0.25) is 0 Å². The number of nitrogens with zero attached hydrogens (tertiary/aromatic N) is 1. The van der Waals surface area contributed by atoms with Gasteiger partial charge in [-0.3, -0.25) is 4.98 Å². The number of benzene rings is 1. The number of carboxylic acids is 1. The molecule has 2 aromatic rings. The standard InChI is InChI=1S/C25H33NO7/c1-17-20(22(30-3)24(32-5)23(31-4)21(17)33-16-29-2)14-19(25(27)28)12-8-6-7-10-18-11-9-13-26-15-18/h9,11,13-15H,6-8,10,12,16H2,1-5H3,(H,27,28)/b19-14+. The van der Waals surface area contributed by atoms with E-state index in [9.17, 15) is 9.90 Å². The van der Waals surface area contributed by atoms with Crippen LogP contribution in [0.4, 0.5) is 0 Å². The number of aromatic nitrogens is 1. The summed E-state index contributed by atoms with van der Waals surface area (Å²) in [5.41, 5.74) is 2.69. The van der Waals surface area contributed by atoms with Crippen LogP contribution >= 0.6 is 0 Å². The summed E-state index contributed by atoms with van der Waals surface area (Å²) in [4.78, 5) is 16.1. The van der Waals surface area contributed by atoms with Crippen molar-refractivity contribution in [3.05, 3.63) is 46.8 Å². The molecule has 0 spiro atoms. The van der Waals surface area contributed by atoms with Gasteiger partial charge in [0.25, 0.3) is 0 Å². The minimum absolute atomic E-state index is 0.00143. The number of pyridine rings is 1. The fourth-order valence-electron chi connectivity index (χ4n) is 3.61. The minimum Gasteiger partial charge on any atom is -0.492 e. The topological polar surface area (TPSA) is 96.3 Å². The number of ether oxygens (including phenoxy) is 5. The number of aliphatic carboxylic acids is 1. The van der Waals surface area contributed by atoms with E-state index < -0.39 is 5.97 Å². The first-order valence-electron chi connectivity index (χ1n) is 10.7. The second-order valence-corrected chi connectivity index (χ2v) is 7.42. The minimum atomic E-state index is -0.974. The van der Waals surface area contributed by atoms with E-state index in [4.69, 9.17) is 23.7 Å². The van der Waals surface area contributed by atoms with Gasteiger partial charge in [0, 0.05) is 36.2 Å². The molecule has 1 aromatic heterocycles. The van der Waals surface area contributed by atoms with Crippen LogP contribution in [0.1, 0.15) is 42.4 Å². The Balaban J connectivity index is 2.29. The molecule has 1 N–H and O–H groups in total. The maximum Gasteiger partial charge on any atom is 0.331 e. The summed E-state index contributed by atoms with van der Waals surface area (Å²) in [5, 5.41) is 9.84. The zero-order valence-electron chi connectivity index (χ0n) is 20.0. The van der Waals surface area contributed by atoms with Crippen molar-refractivity contribution in [1.82, 2.24) is 4.98 Å². The highest BCUT2D eigenvalue weighted by molar-refractivity contribution is 5.93. The SMILES string of the molecule is COCOc1c(C)c(/C=C(\CCCCCc2cccnc2)C(=O)O)c(OC)c(OC)c1OC. The monoisotopic (exact) mass is 459 g/mol. The number of carbonyl (C=O) groups is 1. The second-order valence-electron chi connectivity index (χ2n) is 7.42. The highest BCUT2D eigenvalue weighted by atomic mass is 16.7. The molecular weight excluding hydrogens is 426 g/mol. The van der Waals surface area contributed by atoms with E-state index in [0.29, 0.717) is 40.5 Å². The van der Waals surface area contributed by atoms with Crippen molar-refractivity contribution in [2.45, 2.75) is 39.0 Å². The predicted molar refractivity (Wildman–Crippen MR) is 125 cm³/mol. The van der Waals surface area contributed by atoms with Crippen LogP contribution in [0.3, 0.4) is 0 Å². The van der Waals surface area contributed by atoms with Gasteiger partial charge in [-0.1, -0.05) is 12.5 Å². The summed E-state index contributed by atoms with van der Waals surface area (Å²) < 4.78 is 27.4. The Bertz CT molecular complexity index is 942. The summed E-state index contributed by atoms with van der Waals surface area (Å²) >= 11 is 0. The average molecular weight is 460 g/mol. The molecule has 1 aromatic carbocycles. The zero-order chi connectivity index (χ0) is 24.2. The molecule has 0 atom stereocenters. The number of unbranched alkanes of at least 4 members (excludes halogenated alkanes) is 2. The molecular formula is C25H33NO7. The van der Waals surface area contributed by atoms with Gasteiger partial charge in [0.05, 0.1) is 21.3 Å². The molecule has 0 saturated carbocycles. The number of hydrogen-bond donors (Lipinski definition) is 1. The van der Waals surface area contributed by atoms with Crippen molar-refractivity contribution in [2.24, 2.45) is 0 Å². The van der Waals surface area contributed by atoms with Crippen molar-refractivity contribution >= 4 is 12.0 Å². The third kappa shape index (κ3) is 6.86. The van der Waals surface area contributed by atoms with Crippen molar-refractivity contribution < 1.29 is 33.6 Å². The molecule has 0 aliphatic rings. The molecule has 8 heteroatoms. The molecule has 180 valence electrons. The smallest absolute Gasteiger partial charge is 0.331 e. The molecule has 2 rings (SSSR count). The fraction of sp³-hybridized carbons (Fsp3) is 0.440. The molecule has 0 aliphatic carbocycles. The molecule has 0 radical (unpaired) electrons. The third-order valence-electron chi connectivity index (χ3n) is 5.27. The van der Waals surface area contributed by atoms with Gasteiger partial charge in [0.15, 0.2) is 18.3 Å². The van der Waals surface area contributed by atoms with Crippen LogP contribution < -0.4 is 18.9 Å². The Morgan fingerprint density at radius 2 is 1.70 bits per heavy atom. The van der Waals surface area contributed by atoms with Crippen LogP contribution in [-0.4, -0.2) is 51.3 Å². The Morgan fingerprint density at radius 3 is 2.27 bits per heavy atom. The summed E-state index contributed by atoms with van der Waals surface area (Å²) in [6, 6.07) is 3.97. The van der Waals surface area contributed by atoms with Crippen molar-refractivity contribution in [3.63, 3.8) is 0 Å². The second kappa shape index (κ2) is 13.3. The Hall–Kier alpha value is -3.26. The third-order valence-corrected chi connectivity index (χ3v) is 5.27. The number of carboxylic acid groups (broad SMARTS) is 1. The van der Waals surface area contributed by atoms with E-state index in [1.165, 1.54) is 34.0 Å². The quantitative estimate of drug-likeness (QED) is 0.247. The predicted octanol–water partition coefficient (Wildman–Crippen LogP) is 4.67. The highest BCUT2D eigenvalue weighted by Gasteiger charge is 2.25. The molecule has 0 amide bonds. The first-order chi connectivity index (χ1) is 16.0. The molecule has 8 nitrogen and oxygen atoms in total. The zero-order valence-corrected chi connectivity index (χ0v) is 20.0. The van der Waals surface area contributed by atoms with E-state index >= 15 is 0 Å². The maximum atomic E-state index is 12.0. The first-order valence-corrected chi connectivity index (χ1v) is 10.7. The summed E-state index contributed by atoms with van der Waals surface area (Å²) in [6.45, 7) is 1.81.